The average Bonchev–Trinajstić information content (AvgIpc) is 2.82. The minimum absolute atomic E-state index is 0.207. The monoisotopic (exact) mass is 236 g/mol. The predicted molar refractivity (Wildman–Crippen MR) is 64.4 cm³/mol. The largest absolute Gasteiger partial charge is 0.316 e. The maximum absolute atomic E-state index is 13.1. The maximum Gasteiger partial charge on any atom is 0.125 e. The molecule has 2 atom stereocenters. The number of rotatable bonds is 1. The Bertz CT molecular complexity index is 523. The van der Waals surface area contributed by atoms with Crippen molar-refractivity contribution in [1.29, 1.82) is 0 Å². The molecule has 0 saturated carbocycles. The van der Waals surface area contributed by atoms with Gasteiger partial charge in [-0.1, -0.05) is 6.92 Å². The summed E-state index contributed by atoms with van der Waals surface area (Å²) in [5.41, 5.74) is 0.791. The quantitative estimate of drug-likeness (QED) is 0.823. The zero-order chi connectivity index (χ0) is 11.1. The molecule has 2 unspecified atom stereocenters. The van der Waals surface area contributed by atoms with Gasteiger partial charge in [-0.2, -0.15) is 0 Å². The van der Waals surface area contributed by atoms with Crippen LogP contribution in [-0.2, 0) is 0 Å². The van der Waals surface area contributed by atoms with Crippen molar-refractivity contribution < 1.29 is 4.39 Å². The molecule has 1 aromatic heterocycles. The third-order valence-corrected chi connectivity index (χ3v) is 4.37. The molecule has 1 fully saturated rings. The van der Waals surface area contributed by atoms with Gasteiger partial charge in [0.2, 0.25) is 0 Å². The summed E-state index contributed by atoms with van der Waals surface area (Å²) < 4.78 is 14.1. The lowest BCUT2D eigenvalue weighted by molar-refractivity contribution is 0.570. The van der Waals surface area contributed by atoms with Gasteiger partial charge in [0.05, 0.1) is 15.2 Å². The molecule has 3 rings (SSSR count). The van der Waals surface area contributed by atoms with E-state index in [1.807, 2.05) is 6.07 Å². The molecule has 0 aliphatic carbocycles. The summed E-state index contributed by atoms with van der Waals surface area (Å²) in [5.74, 6) is 0.896. The van der Waals surface area contributed by atoms with Gasteiger partial charge in [-0.3, -0.25) is 0 Å². The Morgan fingerprint density at radius 3 is 3.06 bits per heavy atom. The number of fused-ring (bicyclic) bond motifs is 1. The first-order valence-electron chi connectivity index (χ1n) is 5.51. The van der Waals surface area contributed by atoms with Crippen LogP contribution >= 0.6 is 11.3 Å². The molecule has 1 N–H and O–H groups in total. The van der Waals surface area contributed by atoms with Crippen molar-refractivity contribution >= 4 is 21.6 Å². The summed E-state index contributed by atoms with van der Waals surface area (Å²) in [4.78, 5) is 4.54. The van der Waals surface area contributed by atoms with E-state index < -0.39 is 0 Å². The van der Waals surface area contributed by atoms with Crippen LogP contribution in [0.25, 0.3) is 10.2 Å². The summed E-state index contributed by atoms with van der Waals surface area (Å²) in [5, 5.41) is 4.51. The van der Waals surface area contributed by atoms with E-state index in [0.717, 1.165) is 28.3 Å². The third-order valence-electron chi connectivity index (χ3n) is 3.20. The van der Waals surface area contributed by atoms with Crippen molar-refractivity contribution in [3.8, 4) is 0 Å². The highest BCUT2D eigenvalue weighted by Crippen LogP contribution is 2.33. The fourth-order valence-electron chi connectivity index (χ4n) is 2.22. The molecule has 0 spiro atoms. The molecule has 0 amide bonds. The van der Waals surface area contributed by atoms with Crippen LogP contribution < -0.4 is 5.32 Å². The minimum Gasteiger partial charge on any atom is -0.316 e. The lowest BCUT2D eigenvalue weighted by Gasteiger charge is -2.09. The van der Waals surface area contributed by atoms with Crippen LogP contribution in [0, 0.1) is 11.7 Å². The second kappa shape index (κ2) is 3.79. The highest BCUT2D eigenvalue weighted by atomic mass is 32.1. The summed E-state index contributed by atoms with van der Waals surface area (Å²) >= 11 is 1.69. The van der Waals surface area contributed by atoms with Gasteiger partial charge in [0.25, 0.3) is 0 Å². The van der Waals surface area contributed by atoms with Crippen molar-refractivity contribution in [1.82, 2.24) is 10.3 Å². The second-order valence-electron chi connectivity index (χ2n) is 4.41. The summed E-state index contributed by atoms with van der Waals surface area (Å²) in [7, 11) is 0. The van der Waals surface area contributed by atoms with E-state index in [0.29, 0.717) is 11.8 Å². The van der Waals surface area contributed by atoms with E-state index in [1.165, 1.54) is 12.1 Å². The normalized spacial score (nSPS) is 25.4. The fraction of sp³-hybridized carbons (Fsp3) is 0.417. The van der Waals surface area contributed by atoms with E-state index in [1.54, 1.807) is 11.3 Å². The van der Waals surface area contributed by atoms with Crippen molar-refractivity contribution in [2.45, 2.75) is 12.8 Å². The molecular weight excluding hydrogens is 223 g/mol. The van der Waals surface area contributed by atoms with Crippen LogP contribution in [0.5, 0.6) is 0 Å². The zero-order valence-electron chi connectivity index (χ0n) is 9.03. The highest BCUT2D eigenvalue weighted by molar-refractivity contribution is 7.18. The molecule has 1 aromatic carbocycles. The molecule has 16 heavy (non-hydrogen) atoms. The number of nitrogens with one attached hydrogen (secondary N) is 1. The maximum atomic E-state index is 13.1. The molecule has 0 radical (unpaired) electrons. The first kappa shape index (κ1) is 10.2. The van der Waals surface area contributed by atoms with Gasteiger partial charge in [0.15, 0.2) is 0 Å². The highest BCUT2D eigenvalue weighted by Gasteiger charge is 2.27. The van der Waals surface area contributed by atoms with Crippen LogP contribution in [0.2, 0.25) is 0 Å². The molecule has 84 valence electrons. The molecule has 2 heterocycles. The van der Waals surface area contributed by atoms with E-state index in [4.69, 9.17) is 0 Å². The Hall–Kier alpha value is -1.00. The summed E-state index contributed by atoms with van der Waals surface area (Å²) in [6.07, 6.45) is 0. The number of benzene rings is 1. The Morgan fingerprint density at radius 1 is 1.44 bits per heavy atom. The number of hydrogen-bond acceptors (Lipinski definition) is 3. The van der Waals surface area contributed by atoms with E-state index in [2.05, 4.69) is 17.2 Å². The van der Waals surface area contributed by atoms with E-state index in [9.17, 15) is 4.39 Å². The summed E-state index contributed by atoms with van der Waals surface area (Å²) in [6, 6.07) is 4.84. The van der Waals surface area contributed by atoms with E-state index >= 15 is 0 Å². The van der Waals surface area contributed by atoms with Gasteiger partial charge < -0.3 is 5.32 Å². The van der Waals surface area contributed by atoms with Crippen LogP contribution in [-0.4, -0.2) is 18.1 Å². The average molecular weight is 236 g/mol. The van der Waals surface area contributed by atoms with Gasteiger partial charge in [-0.05, 0) is 24.6 Å². The number of hydrogen-bond donors (Lipinski definition) is 1. The SMILES string of the molecule is CC1CNCC1c1nc2cc(F)ccc2s1. The lowest BCUT2D eigenvalue weighted by Crippen LogP contribution is -2.07. The Kier molecular flexibility index (Phi) is 2.41. The Labute approximate surface area is 97.5 Å². The topological polar surface area (TPSA) is 24.9 Å². The molecule has 1 saturated heterocycles. The van der Waals surface area contributed by atoms with Gasteiger partial charge >= 0.3 is 0 Å². The van der Waals surface area contributed by atoms with Gasteiger partial charge in [-0.15, -0.1) is 11.3 Å². The zero-order valence-corrected chi connectivity index (χ0v) is 9.85. The Balaban J connectivity index is 2.04. The first-order chi connectivity index (χ1) is 7.74. The van der Waals surface area contributed by atoms with Crippen LogP contribution in [0.3, 0.4) is 0 Å². The Morgan fingerprint density at radius 2 is 2.31 bits per heavy atom. The fourth-order valence-corrected chi connectivity index (χ4v) is 3.40. The molecule has 4 heteroatoms. The van der Waals surface area contributed by atoms with Crippen molar-refractivity contribution in [2.75, 3.05) is 13.1 Å². The minimum atomic E-state index is -0.207. The van der Waals surface area contributed by atoms with Crippen molar-refractivity contribution in [2.24, 2.45) is 5.92 Å². The molecule has 0 bridgehead atoms. The molecule has 2 nitrogen and oxygen atoms in total. The molecule has 1 aliphatic heterocycles. The summed E-state index contributed by atoms with van der Waals surface area (Å²) in [6.45, 7) is 4.27. The second-order valence-corrected chi connectivity index (χ2v) is 5.47. The van der Waals surface area contributed by atoms with Crippen LogP contribution in [0.1, 0.15) is 17.8 Å². The van der Waals surface area contributed by atoms with Crippen LogP contribution in [0.4, 0.5) is 4.39 Å². The molecular formula is C12H13FN2S. The standard InChI is InChI=1S/C12H13FN2S/c1-7-5-14-6-9(7)12-15-10-4-8(13)2-3-11(10)16-12/h2-4,7,9,14H,5-6H2,1H3. The lowest BCUT2D eigenvalue weighted by atomic mass is 9.99. The number of halogens is 1. The number of nitrogens with zero attached hydrogens (tertiary/aromatic N) is 1. The number of thiazole rings is 1. The molecule has 1 aliphatic rings. The smallest absolute Gasteiger partial charge is 0.125 e. The molecule has 2 aromatic rings. The van der Waals surface area contributed by atoms with Crippen molar-refractivity contribution in [3.63, 3.8) is 0 Å². The van der Waals surface area contributed by atoms with Crippen molar-refractivity contribution in [3.05, 3.63) is 29.0 Å². The van der Waals surface area contributed by atoms with Gasteiger partial charge in [0, 0.05) is 18.5 Å². The first-order valence-corrected chi connectivity index (χ1v) is 6.32. The van der Waals surface area contributed by atoms with Gasteiger partial charge in [-0.25, -0.2) is 9.37 Å². The number of aromatic nitrogens is 1. The predicted octanol–water partition coefficient (Wildman–Crippen LogP) is 2.76. The van der Waals surface area contributed by atoms with E-state index in [-0.39, 0.29) is 5.82 Å². The third kappa shape index (κ3) is 1.62. The van der Waals surface area contributed by atoms with Crippen LogP contribution in [0.15, 0.2) is 18.2 Å². The van der Waals surface area contributed by atoms with Gasteiger partial charge in [0.1, 0.15) is 5.82 Å².